The predicted octanol–water partition coefficient (Wildman–Crippen LogP) is 1.90. The lowest BCUT2D eigenvalue weighted by Crippen LogP contribution is -2.53. The van der Waals surface area contributed by atoms with Gasteiger partial charge in [-0.15, -0.1) is 0 Å². The molecule has 19 heavy (non-hydrogen) atoms. The number of nitrogens with zero attached hydrogens (tertiary/aromatic N) is 1. The number of carbonyl (C=O) groups excluding carboxylic acids is 1. The average Bonchev–Trinajstić information content (AvgIpc) is 2.24. The topological polar surface area (TPSA) is 81.5 Å². The van der Waals surface area contributed by atoms with E-state index in [9.17, 15) is 14.9 Å². The second-order valence-electron chi connectivity index (χ2n) is 6.27. The third kappa shape index (κ3) is 6.00. The maximum atomic E-state index is 11.7. The smallest absolute Gasteiger partial charge is 0.320 e. The molecule has 0 aliphatic heterocycles. The summed E-state index contributed by atoms with van der Waals surface area (Å²) in [6.45, 7) is 5.32. The van der Waals surface area contributed by atoms with Crippen molar-refractivity contribution < 1.29 is 14.5 Å². The molecule has 1 aliphatic carbocycles. The minimum atomic E-state index is -0.543. The first kappa shape index (κ1) is 15.9. The summed E-state index contributed by atoms with van der Waals surface area (Å²) >= 11 is 0. The fourth-order valence-corrected chi connectivity index (χ4v) is 2.50. The van der Waals surface area contributed by atoms with Gasteiger partial charge >= 0.3 is 5.97 Å². The van der Waals surface area contributed by atoms with E-state index < -0.39 is 11.1 Å². The van der Waals surface area contributed by atoms with E-state index in [-0.39, 0.29) is 24.0 Å². The van der Waals surface area contributed by atoms with Crippen LogP contribution in [0.5, 0.6) is 0 Å². The van der Waals surface area contributed by atoms with Crippen LogP contribution in [0.1, 0.15) is 52.9 Å². The summed E-state index contributed by atoms with van der Waals surface area (Å²) in [5.41, 5.74) is -1.07. The van der Waals surface area contributed by atoms with Gasteiger partial charge in [0.05, 0.1) is 12.1 Å². The van der Waals surface area contributed by atoms with Crippen LogP contribution >= 0.6 is 0 Å². The molecular weight excluding hydrogens is 248 g/mol. The number of carbonyl (C=O) groups is 1. The molecule has 1 N–H and O–H groups in total. The van der Waals surface area contributed by atoms with Gasteiger partial charge in [0.2, 0.25) is 6.54 Å². The zero-order chi connectivity index (χ0) is 14.5. The number of esters is 1. The number of hydrogen-bond donors (Lipinski definition) is 1. The molecule has 110 valence electrons. The third-order valence-electron chi connectivity index (χ3n) is 3.27. The van der Waals surface area contributed by atoms with Gasteiger partial charge in [-0.1, -0.05) is 19.3 Å². The number of nitrogens with one attached hydrogen (secondary N) is 1. The highest BCUT2D eigenvalue weighted by molar-refractivity contribution is 5.72. The van der Waals surface area contributed by atoms with Crippen LogP contribution in [0.4, 0.5) is 0 Å². The lowest BCUT2D eigenvalue weighted by molar-refractivity contribution is -0.492. The SMILES string of the molecule is CC(C)(C)OC(=O)CNC1(C[N+](=O)[O-])CCCCC1. The Balaban J connectivity index is 2.53. The maximum absolute atomic E-state index is 11.7. The Morgan fingerprint density at radius 2 is 1.89 bits per heavy atom. The Hall–Kier alpha value is -1.17. The van der Waals surface area contributed by atoms with E-state index >= 15 is 0 Å². The molecule has 0 spiro atoms. The van der Waals surface area contributed by atoms with Gasteiger partial charge in [0.15, 0.2) is 0 Å². The number of nitro groups is 1. The van der Waals surface area contributed by atoms with Gasteiger partial charge in [0, 0.05) is 4.92 Å². The lowest BCUT2D eigenvalue weighted by Gasteiger charge is -2.34. The largest absolute Gasteiger partial charge is 0.459 e. The molecule has 6 nitrogen and oxygen atoms in total. The van der Waals surface area contributed by atoms with Crippen molar-refractivity contribution in [1.29, 1.82) is 0 Å². The molecule has 0 heterocycles. The van der Waals surface area contributed by atoms with Crippen molar-refractivity contribution in [2.75, 3.05) is 13.1 Å². The zero-order valence-corrected chi connectivity index (χ0v) is 12.0. The molecule has 1 rings (SSSR count). The van der Waals surface area contributed by atoms with Crippen molar-refractivity contribution in [1.82, 2.24) is 5.32 Å². The van der Waals surface area contributed by atoms with E-state index in [0.29, 0.717) is 0 Å². The second kappa shape index (κ2) is 6.32. The summed E-state index contributed by atoms with van der Waals surface area (Å²) in [6, 6.07) is 0. The first-order chi connectivity index (χ1) is 8.72. The van der Waals surface area contributed by atoms with Crippen LogP contribution in [0.3, 0.4) is 0 Å². The third-order valence-corrected chi connectivity index (χ3v) is 3.27. The van der Waals surface area contributed by atoms with Crippen LogP contribution < -0.4 is 5.32 Å². The van der Waals surface area contributed by atoms with Crippen molar-refractivity contribution in [3.63, 3.8) is 0 Å². The molecule has 0 bridgehead atoms. The Bertz CT molecular complexity index is 330. The highest BCUT2D eigenvalue weighted by Crippen LogP contribution is 2.28. The summed E-state index contributed by atoms with van der Waals surface area (Å²) in [4.78, 5) is 22.2. The van der Waals surface area contributed by atoms with Crippen molar-refractivity contribution >= 4 is 5.97 Å². The second-order valence-corrected chi connectivity index (χ2v) is 6.27. The molecule has 0 radical (unpaired) electrons. The molecule has 1 fully saturated rings. The van der Waals surface area contributed by atoms with Gasteiger partial charge in [0.1, 0.15) is 5.60 Å². The van der Waals surface area contributed by atoms with E-state index in [1.165, 1.54) is 0 Å². The minimum absolute atomic E-state index is 0.0328. The minimum Gasteiger partial charge on any atom is -0.459 e. The van der Waals surface area contributed by atoms with Crippen LogP contribution in [0, 0.1) is 10.1 Å². The van der Waals surface area contributed by atoms with Crippen molar-refractivity contribution in [2.24, 2.45) is 0 Å². The van der Waals surface area contributed by atoms with Gasteiger partial charge in [-0.3, -0.25) is 20.2 Å². The fraction of sp³-hybridized carbons (Fsp3) is 0.923. The van der Waals surface area contributed by atoms with E-state index in [4.69, 9.17) is 4.74 Å². The molecule has 0 saturated heterocycles. The molecule has 6 heteroatoms. The maximum Gasteiger partial charge on any atom is 0.320 e. The van der Waals surface area contributed by atoms with Crippen molar-refractivity contribution in [3.05, 3.63) is 10.1 Å². The first-order valence-electron chi connectivity index (χ1n) is 6.81. The van der Waals surface area contributed by atoms with E-state index in [1.54, 1.807) is 20.8 Å². The van der Waals surface area contributed by atoms with Crippen molar-refractivity contribution in [2.45, 2.75) is 64.0 Å². The average molecular weight is 272 g/mol. The molecule has 0 aromatic rings. The quantitative estimate of drug-likeness (QED) is 0.469. The summed E-state index contributed by atoms with van der Waals surface area (Å²) in [5, 5.41) is 13.9. The molecule has 0 unspecified atom stereocenters. The molecule has 0 aromatic heterocycles. The van der Waals surface area contributed by atoms with Gasteiger partial charge < -0.3 is 4.74 Å². The monoisotopic (exact) mass is 272 g/mol. The lowest BCUT2D eigenvalue weighted by atomic mass is 9.81. The Kier molecular flexibility index (Phi) is 5.29. The van der Waals surface area contributed by atoms with Gasteiger partial charge in [-0.25, -0.2) is 0 Å². The van der Waals surface area contributed by atoms with Gasteiger partial charge in [-0.05, 0) is 33.6 Å². The Labute approximate surface area is 114 Å². The zero-order valence-electron chi connectivity index (χ0n) is 12.0. The van der Waals surface area contributed by atoms with Gasteiger partial charge in [0.25, 0.3) is 0 Å². The van der Waals surface area contributed by atoms with Crippen LogP contribution in [-0.4, -0.2) is 35.1 Å². The van der Waals surface area contributed by atoms with E-state index in [1.807, 2.05) is 0 Å². The van der Waals surface area contributed by atoms with Crippen molar-refractivity contribution in [3.8, 4) is 0 Å². The number of hydrogen-bond acceptors (Lipinski definition) is 5. The first-order valence-corrected chi connectivity index (χ1v) is 6.81. The highest BCUT2D eigenvalue weighted by Gasteiger charge is 2.37. The van der Waals surface area contributed by atoms with Crippen LogP contribution in [-0.2, 0) is 9.53 Å². The summed E-state index contributed by atoms with van der Waals surface area (Å²) in [6.07, 6.45) is 4.53. The Morgan fingerprint density at radius 3 is 2.37 bits per heavy atom. The Morgan fingerprint density at radius 1 is 1.32 bits per heavy atom. The van der Waals surface area contributed by atoms with Crippen LogP contribution in [0.25, 0.3) is 0 Å². The normalized spacial score (nSPS) is 18.9. The molecule has 1 aliphatic rings. The van der Waals surface area contributed by atoms with E-state index in [0.717, 1.165) is 32.1 Å². The molecular formula is C13H24N2O4. The highest BCUT2D eigenvalue weighted by atomic mass is 16.6. The predicted molar refractivity (Wildman–Crippen MR) is 71.5 cm³/mol. The summed E-state index contributed by atoms with van der Waals surface area (Å²) in [5.74, 6) is -0.360. The van der Waals surface area contributed by atoms with Crippen LogP contribution in [0.2, 0.25) is 0 Å². The summed E-state index contributed by atoms with van der Waals surface area (Å²) in [7, 11) is 0. The number of ether oxygens (including phenoxy) is 1. The van der Waals surface area contributed by atoms with E-state index in [2.05, 4.69) is 5.32 Å². The molecule has 0 atom stereocenters. The molecule has 0 aromatic carbocycles. The van der Waals surface area contributed by atoms with Crippen LogP contribution in [0.15, 0.2) is 0 Å². The molecule has 0 amide bonds. The van der Waals surface area contributed by atoms with Gasteiger partial charge in [-0.2, -0.15) is 0 Å². The molecule has 1 saturated carbocycles. The number of rotatable bonds is 5. The summed E-state index contributed by atoms with van der Waals surface area (Å²) < 4.78 is 5.21. The fourth-order valence-electron chi connectivity index (χ4n) is 2.50. The standard InChI is InChI=1S/C13H24N2O4/c1-12(2,3)19-11(16)9-14-13(10-15(17)18)7-5-4-6-8-13/h14H,4-10H2,1-3H3.